The summed E-state index contributed by atoms with van der Waals surface area (Å²) in [4.78, 5) is 7.27. The van der Waals surface area contributed by atoms with Gasteiger partial charge in [0.1, 0.15) is 0 Å². The highest BCUT2D eigenvalue weighted by atomic mass is 79.9. The number of benzene rings is 2. The molecule has 3 aliphatic heterocycles. The van der Waals surface area contributed by atoms with Crippen LogP contribution < -0.4 is 5.46 Å². The third kappa shape index (κ3) is 9.71. The molecular weight excluding hydrogens is 897 g/mol. The van der Waals surface area contributed by atoms with Gasteiger partial charge in [0.15, 0.2) is 11.4 Å². The van der Waals surface area contributed by atoms with E-state index in [-0.39, 0.29) is 40.7 Å². The number of aliphatic hydroxyl groups excluding tert-OH is 2. The minimum absolute atomic E-state index is 0.186. The van der Waals surface area contributed by atoms with Crippen molar-refractivity contribution in [2.24, 2.45) is 0 Å². The third-order valence-corrected chi connectivity index (χ3v) is 16.5. The fraction of sp³-hybridized carbons (Fsp3) is 0.640. The number of aliphatic hydroxyl groups is 2. The summed E-state index contributed by atoms with van der Waals surface area (Å²) in [5.74, 6) is 0. The maximum absolute atomic E-state index is 10.2. The molecule has 2 saturated carbocycles. The van der Waals surface area contributed by atoms with Gasteiger partial charge in [-0.15, -0.1) is 0 Å². The van der Waals surface area contributed by atoms with E-state index >= 15 is 0 Å². The lowest BCUT2D eigenvalue weighted by atomic mass is 9.49. The number of aromatic nitrogens is 2. The average Bonchev–Trinajstić information content (AvgIpc) is 3.93. The number of hydrogen-bond acceptors (Lipinski definition) is 8. The highest BCUT2D eigenvalue weighted by Crippen LogP contribution is 2.44. The molecule has 0 amide bonds. The van der Waals surface area contributed by atoms with Crippen LogP contribution in [0.25, 0.3) is 31.5 Å². The second-order valence-corrected chi connectivity index (χ2v) is 23.1. The quantitative estimate of drug-likeness (QED) is 0.154. The predicted octanol–water partition coefficient (Wildman–Crippen LogP) is 11.3. The monoisotopic (exact) mass is 966 g/mol. The van der Waals surface area contributed by atoms with Crippen molar-refractivity contribution in [3.63, 3.8) is 0 Å². The summed E-state index contributed by atoms with van der Waals surface area (Å²) in [6.07, 6.45) is 11.4. The van der Waals surface area contributed by atoms with Crippen LogP contribution in [0.3, 0.4) is 0 Å². The summed E-state index contributed by atoms with van der Waals surface area (Å²) in [5.41, 5.74) is 4.29. The van der Waals surface area contributed by atoms with Crippen molar-refractivity contribution in [1.29, 1.82) is 0 Å². The molecule has 2 aliphatic carbocycles. The third-order valence-electron chi connectivity index (χ3n) is 15.8. The topological polar surface area (TPSA) is 114 Å². The Morgan fingerprint density at radius 1 is 0.561 bits per heavy atom. The van der Waals surface area contributed by atoms with Crippen LogP contribution >= 0.6 is 15.9 Å². The molecule has 5 fully saturated rings. The Labute approximate surface area is 402 Å². The van der Waals surface area contributed by atoms with Crippen molar-refractivity contribution in [3.8, 4) is 0 Å². The maximum Gasteiger partial charge on any atom is 0.496 e. The van der Waals surface area contributed by atoms with Crippen molar-refractivity contribution in [2.45, 2.75) is 206 Å². The Balaban J connectivity index is 0.000000152. The van der Waals surface area contributed by atoms with E-state index in [0.29, 0.717) is 17.4 Å². The van der Waals surface area contributed by atoms with Crippen LogP contribution in [0.4, 0.5) is 11.4 Å². The van der Waals surface area contributed by atoms with Gasteiger partial charge in [-0.3, -0.25) is 0 Å². The molecular formula is C50H70B3BrN4O8. The van der Waals surface area contributed by atoms with Gasteiger partial charge in [0.2, 0.25) is 0 Å². The number of nitrogens with zero attached hydrogens (tertiary/aromatic N) is 4. The van der Waals surface area contributed by atoms with Crippen LogP contribution in [0.15, 0.2) is 41.1 Å². The number of halogens is 1. The summed E-state index contributed by atoms with van der Waals surface area (Å²) in [7, 11) is -1.42. The van der Waals surface area contributed by atoms with Gasteiger partial charge in [-0.05, 0) is 205 Å². The van der Waals surface area contributed by atoms with E-state index < -0.39 is 32.3 Å². The van der Waals surface area contributed by atoms with Gasteiger partial charge < -0.3 is 47.3 Å². The van der Waals surface area contributed by atoms with Crippen molar-refractivity contribution in [1.82, 2.24) is 9.13 Å². The van der Waals surface area contributed by atoms with Gasteiger partial charge in [-0.1, -0.05) is 0 Å². The second-order valence-electron chi connectivity index (χ2n) is 22.2. The molecule has 3 saturated heterocycles. The Morgan fingerprint density at radius 3 is 1.32 bits per heavy atom. The van der Waals surface area contributed by atoms with E-state index in [1.54, 1.807) is 0 Å². The molecule has 0 unspecified atom stereocenters. The summed E-state index contributed by atoms with van der Waals surface area (Å²) in [6, 6.07) is 8.71. The van der Waals surface area contributed by atoms with Crippen LogP contribution in [0.5, 0.6) is 0 Å². The number of hydrogen-bond donors (Lipinski definition) is 2. The van der Waals surface area contributed by atoms with E-state index in [1.165, 1.54) is 0 Å². The van der Waals surface area contributed by atoms with Crippen molar-refractivity contribution < 1.29 is 38.1 Å². The smallest absolute Gasteiger partial charge is 0.405 e. The van der Waals surface area contributed by atoms with E-state index in [4.69, 9.17) is 41.1 Å². The molecule has 354 valence electrons. The van der Waals surface area contributed by atoms with E-state index in [2.05, 4.69) is 87.0 Å². The normalized spacial score (nSPS) is 26.9. The molecule has 12 nitrogen and oxygen atoms in total. The molecule has 5 heterocycles. The SMILES string of the molecule is CC1(C)OB(B2OC(C)(C)C(C)(C)O2)OC1(C)C.[C-]#[N+]c1cc2c(B3OC(C)(C)C(C)(C)O3)cn([C@@H]3CCC[C@H](O)C3)c2cc1C.[C-]#[N+]c1cc2c(Br)cn([C@@H]3CCC[C@H](O)C3)c2cc1C. The van der Waals surface area contributed by atoms with Gasteiger partial charge >= 0.3 is 21.1 Å². The second kappa shape index (κ2) is 18.3. The van der Waals surface area contributed by atoms with Gasteiger partial charge in [0.25, 0.3) is 0 Å². The number of aryl methyl sites for hydroxylation is 2. The lowest BCUT2D eigenvalue weighted by Gasteiger charge is -2.32. The van der Waals surface area contributed by atoms with Gasteiger partial charge in [-0.25, -0.2) is 9.69 Å². The first-order chi connectivity index (χ1) is 30.6. The van der Waals surface area contributed by atoms with Crippen LogP contribution in [-0.2, 0) is 27.9 Å². The van der Waals surface area contributed by atoms with Gasteiger partial charge in [0, 0.05) is 50.8 Å². The van der Waals surface area contributed by atoms with Crippen LogP contribution in [0.1, 0.15) is 158 Å². The van der Waals surface area contributed by atoms with Crippen molar-refractivity contribution >= 4 is 75.7 Å². The van der Waals surface area contributed by atoms with Crippen molar-refractivity contribution in [3.05, 3.63) is 75.1 Å². The minimum Gasteiger partial charge on any atom is -0.405 e. The lowest BCUT2D eigenvalue weighted by molar-refractivity contribution is 0.00578. The molecule has 2 aromatic heterocycles. The summed E-state index contributed by atoms with van der Waals surface area (Å²) >= 11 is 3.60. The molecule has 4 atom stereocenters. The molecule has 2 aromatic carbocycles. The number of fused-ring (bicyclic) bond motifs is 2. The first-order valence-electron chi connectivity index (χ1n) is 23.7. The van der Waals surface area contributed by atoms with Crippen LogP contribution in [0, 0.1) is 27.0 Å². The zero-order chi connectivity index (χ0) is 48.5. The van der Waals surface area contributed by atoms with Gasteiger partial charge in [0.05, 0.1) is 59.0 Å². The zero-order valence-electron chi connectivity index (χ0n) is 41.7. The van der Waals surface area contributed by atoms with Gasteiger partial charge in [-0.2, -0.15) is 0 Å². The Bertz CT molecular complexity index is 2460. The molecule has 0 bridgehead atoms. The largest absolute Gasteiger partial charge is 0.496 e. The standard InChI is InChI=1S/C22H29BN2O3.C16H17BrN2O.C12H24B2O4/c1-14-10-20-17(12-19(14)24-6)18(23-27-21(2,3)22(4,5)28-23)13-25(20)15-8-7-9-16(26)11-15;1-10-6-16-13(8-15(10)18-2)14(17)9-19(16)11-4-3-5-12(20)7-11;1-9(2)10(3,4)16-13(15-9)14-17-11(5,6)12(7,8)18-14/h10,12-13,15-16,26H,7-9,11H2,1-5H3;6,8-9,11-12,20H,3-5,7H2,1H3;1-8H3/t15-,16+;11-,12+;/m11./s1. The molecule has 0 spiro atoms. The van der Waals surface area contributed by atoms with Crippen LogP contribution in [0.2, 0.25) is 0 Å². The Kier molecular flexibility index (Phi) is 14.1. The zero-order valence-corrected chi connectivity index (χ0v) is 43.3. The molecule has 66 heavy (non-hydrogen) atoms. The fourth-order valence-corrected chi connectivity index (χ4v) is 10.1. The Hall–Kier alpha value is -3.15. The number of rotatable bonds is 4. The fourth-order valence-electron chi connectivity index (χ4n) is 9.55. The first-order valence-corrected chi connectivity index (χ1v) is 24.5. The maximum atomic E-state index is 10.2. The van der Waals surface area contributed by atoms with E-state index in [0.717, 1.165) is 94.2 Å². The molecule has 5 aliphatic rings. The van der Waals surface area contributed by atoms with E-state index in [1.807, 2.05) is 81.4 Å². The van der Waals surface area contributed by atoms with E-state index in [9.17, 15) is 10.2 Å². The van der Waals surface area contributed by atoms with Crippen molar-refractivity contribution in [2.75, 3.05) is 0 Å². The lowest BCUT2D eigenvalue weighted by Crippen LogP contribution is -2.41. The first kappa shape index (κ1) is 50.7. The van der Waals surface area contributed by atoms with Crippen LogP contribution in [-0.4, -0.2) is 86.3 Å². The summed E-state index contributed by atoms with van der Waals surface area (Å²) in [6.45, 7) is 43.1. The molecule has 16 heteroatoms. The summed E-state index contributed by atoms with van der Waals surface area (Å²) in [5, 5.41) is 22.2. The molecule has 0 radical (unpaired) electrons. The highest BCUT2D eigenvalue weighted by Gasteiger charge is 2.64. The molecule has 4 aromatic rings. The average molecular weight is 967 g/mol. The summed E-state index contributed by atoms with van der Waals surface area (Å²) < 4.78 is 42.1. The Morgan fingerprint density at radius 2 is 0.924 bits per heavy atom. The highest BCUT2D eigenvalue weighted by molar-refractivity contribution is 9.10. The predicted molar refractivity (Wildman–Crippen MR) is 268 cm³/mol. The molecule has 9 rings (SSSR count). The minimum atomic E-state index is -0.476. The molecule has 2 N–H and O–H groups in total.